The van der Waals surface area contributed by atoms with Crippen LogP contribution in [0.15, 0.2) is 18.2 Å². The molecule has 2 atom stereocenters. The normalized spacial score (nSPS) is 21.3. The molecule has 0 saturated heterocycles. The zero-order valence-electron chi connectivity index (χ0n) is 19.5. The molecule has 2 aliphatic rings. The highest BCUT2D eigenvalue weighted by Gasteiger charge is 2.37. The smallest absolute Gasteiger partial charge is 0.356 e. The van der Waals surface area contributed by atoms with E-state index in [1.807, 2.05) is 0 Å². The third-order valence-corrected chi connectivity index (χ3v) is 6.90. The molecular weight excluding hydrogens is 474 g/mol. The number of halogens is 6. The molecule has 2 unspecified atom stereocenters. The lowest BCUT2D eigenvalue weighted by Gasteiger charge is -2.17. The van der Waals surface area contributed by atoms with E-state index in [1.165, 1.54) is 0 Å². The van der Waals surface area contributed by atoms with Crippen LogP contribution in [0.4, 0.5) is 26.3 Å². The molecular formula is C25H32F6N2O2. The van der Waals surface area contributed by atoms with Crippen LogP contribution in [0.1, 0.15) is 85.7 Å². The fourth-order valence-corrected chi connectivity index (χ4v) is 4.63. The van der Waals surface area contributed by atoms with Crippen molar-refractivity contribution in [3.05, 3.63) is 34.9 Å². The second kappa shape index (κ2) is 11.6. The number of hydrogen-bond acceptors (Lipinski definition) is 2. The molecule has 2 saturated carbocycles. The van der Waals surface area contributed by atoms with E-state index in [-0.39, 0.29) is 30.4 Å². The summed E-state index contributed by atoms with van der Waals surface area (Å²) < 4.78 is 78.2. The first-order chi connectivity index (χ1) is 16.4. The first-order valence-corrected chi connectivity index (χ1v) is 12.3. The van der Waals surface area contributed by atoms with Gasteiger partial charge in [0.25, 0.3) is 5.91 Å². The van der Waals surface area contributed by atoms with Gasteiger partial charge in [0.1, 0.15) is 0 Å². The number of amides is 2. The van der Waals surface area contributed by atoms with Crippen LogP contribution < -0.4 is 10.6 Å². The number of nitrogens with one attached hydrogen (secondary N) is 2. The Balaban J connectivity index is 1.44. The molecule has 35 heavy (non-hydrogen) atoms. The van der Waals surface area contributed by atoms with E-state index in [1.54, 1.807) is 0 Å². The fourth-order valence-electron chi connectivity index (χ4n) is 4.63. The molecule has 1 aromatic carbocycles. The molecule has 2 fully saturated rings. The van der Waals surface area contributed by atoms with Crippen LogP contribution in [0.2, 0.25) is 0 Å². The van der Waals surface area contributed by atoms with Crippen LogP contribution in [0.5, 0.6) is 0 Å². The summed E-state index contributed by atoms with van der Waals surface area (Å²) in [5.41, 5.74) is -3.64. The summed E-state index contributed by atoms with van der Waals surface area (Å²) in [6.07, 6.45) is -0.296. The van der Waals surface area contributed by atoms with E-state index in [0.717, 1.165) is 64.2 Å². The number of rotatable bonds is 9. The molecule has 2 aliphatic carbocycles. The number of carbonyl (C=O) groups is 2. The highest BCUT2D eigenvalue weighted by molar-refractivity contribution is 5.94. The van der Waals surface area contributed by atoms with E-state index in [0.29, 0.717) is 24.6 Å². The molecule has 3 rings (SSSR count). The lowest BCUT2D eigenvalue weighted by atomic mass is 9.93. The Bertz CT molecular complexity index is 847. The SMILES string of the molecule is O=C(NCC1CCCC(CCCCNC(=O)C2CC2)CC1)c1cc(C(F)(F)F)cc(C(F)(F)F)c1. The molecule has 10 heteroatoms. The monoisotopic (exact) mass is 506 g/mol. The maximum atomic E-state index is 13.0. The maximum absolute atomic E-state index is 13.0. The molecule has 0 bridgehead atoms. The van der Waals surface area contributed by atoms with Gasteiger partial charge < -0.3 is 10.6 Å². The van der Waals surface area contributed by atoms with Crippen molar-refractivity contribution in [3.8, 4) is 0 Å². The summed E-state index contributed by atoms with van der Waals surface area (Å²) in [5.74, 6) is 0.122. The second-order valence-corrected chi connectivity index (χ2v) is 9.81. The minimum absolute atomic E-state index is 0.0171. The van der Waals surface area contributed by atoms with Gasteiger partial charge in [0.2, 0.25) is 5.91 Å². The Kier molecular flexibility index (Phi) is 9.10. The van der Waals surface area contributed by atoms with Gasteiger partial charge in [-0.3, -0.25) is 9.59 Å². The van der Waals surface area contributed by atoms with Crippen molar-refractivity contribution in [1.29, 1.82) is 0 Å². The number of hydrogen-bond donors (Lipinski definition) is 2. The molecule has 196 valence electrons. The zero-order chi connectivity index (χ0) is 25.6. The number of benzene rings is 1. The maximum Gasteiger partial charge on any atom is 0.416 e. The average molecular weight is 507 g/mol. The van der Waals surface area contributed by atoms with Gasteiger partial charge in [-0.25, -0.2) is 0 Å². The Morgan fingerprint density at radius 2 is 1.37 bits per heavy atom. The first kappa shape index (κ1) is 27.3. The number of alkyl halides is 6. The molecule has 2 N–H and O–H groups in total. The van der Waals surface area contributed by atoms with Crippen LogP contribution in [0.25, 0.3) is 0 Å². The molecule has 0 aromatic heterocycles. The van der Waals surface area contributed by atoms with Gasteiger partial charge in [0.05, 0.1) is 11.1 Å². The summed E-state index contributed by atoms with van der Waals surface area (Å²) in [6.45, 7) is 0.915. The van der Waals surface area contributed by atoms with Crippen molar-refractivity contribution < 1.29 is 35.9 Å². The topological polar surface area (TPSA) is 58.2 Å². The van der Waals surface area contributed by atoms with Gasteiger partial charge in [-0.2, -0.15) is 26.3 Å². The summed E-state index contributed by atoms with van der Waals surface area (Å²) in [5, 5.41) is 5.50. The Morgan fingerprint density at radius 3 is 1.97 bits per heavy atom. The lowest BCUT2D eigenvalue weighted by molar-refractivity contribution is -0.143. The van der Waals surface area contributed by atoms with Gasteiger partial charge in [-0.1, -0.05) is 32.1 Å². The zero-order valence-corrected chi connectivity index (χ0v) is 19.5. The van der Waals surface area contributed by atoms with E-state index in [4.69, 9.17) is 0 Å². The fraction of sp³-hybridized carbons (Fsp3) is 0.680. The third kappa shape index (κ3) is 8.72. The van der Waals surface area contributed by atoms with Gasteiger partial charge >= 0.3 is 12.4 Å². The largest absolute Gasteiger partial charge is 0.416 e. The van der Waals surface area contributed by atoms with E-state index < -0.39 is 35.0 Å². The van der Waals surface area contributed by atoms with Gasteiger partial charge in [-0.15, -0.1) is 0 Å². The first-order valence-electron chi connectivity index (χ1n) is 12.3. The quantitative estimate of drug-likeness (QED) is 0.233. The average Bonchev–Trinajstić information content (AvgIpc) is 3.64. The number of carbonyl (C=O) groups excluding carboxylic acids is 2. The highest BCUT2D eigenvalue weighted by Crippen LogP contribution is 2.36. The minimum atomic E-state index is -4.99. The van der Waals surface area contributed by atoms with Crippen LogP contribution in [0, 0.1) is 17.8 Å². The van der Waals surface area contributed by atoms with Crippen LogP contribution >= 0.6 is 0 Å². The lowest BCUT2D eigenvalue weighted by Crippen LogP contribution is -2.30. The van der Waals surface area contributed by atoms with Crippen molar-refractivity contribution in [3.63, 3.8) is 0 Å². The molecule has 0 spiro atoms. The third-order valence-electron chi connectivity index (χ3n) is 6.90. The van der Waals surface area contributed by atoms with Gasteiger partial charge in [-0.05, 0) is 62.1 Å². The van der Waals surface area contributed by atoms with Crippen molar-refractivity contribution in [2.45, 2.75) is 76.6 Å². The highest BCUT2D eigenvalue weighted by atomic mass is 19.4. The van der Waals surface area contributed by atoms with Crippen molar-refractivity contribution >= 4 is 11.8 Å². The predicted molar refractivity (Wildman–Crippen MR) is 118 cm³/mol. The van der Waals surface area contributed by atoms with Gasteiger partial charge in [0, 0.05) is 24.6 Å². The van der Waals surface area contributed by atoms with E-state index in [2.05, 4.69) is 10.6 Å². The Labute approximate surface area is 201 Å². The van der Waals surface area contributed by atoms with Crippen molar-refractivity contribution in [1.82, 2.24) is 10.6 Å². The van der Waals surface area contributed by atoms with E-state index in [9.17, 15) is 35.9 Å². The molecule has 2 amide bonds. The van der Waals surface area contributed by atoms with Gasteiger partial charge in [0.15, 0.2) is 0 Å². The van der Waals surface area contributed by atoms with Crippen LogP contribution in [-0.4, -0.2) is 24.9 Å². The van der Waals surface area contributed by atoms with Crippen molar-refractivity contribution in [2.24, 2.45) is 17.8 Å². The summed E-state index contributed by atoms with van der Waals surface area (Å²) in [6, 6.07) is 0.935. The Hall–Kier alpha value is -2.26. The molecule has 1 aromatic rings. The number of unbranched alkanes of at least 4 members (excludes halogenated alkanes) is 1. The summed E-state index contributed by atoms with van der Waals surface area (Å²) in [4.78, 5) is 24.0. The predicted octanol–water partition coefficient (Wildman–Crippen LogP) is 6.35. The van der Waals surface area contributed by atoms with Crippen molar-refractivity contribution in [2.75, 3.05) is 13.1 Å². The summed E-state index contributed by atoms with van der Waals surface area (Å²) >= 11 is 0. The molecule has 0 heterocycles. The standard InChI is InChI=1S/C25H32F6N2O2/c26-24(27,28)20-12-19(13-21(14-20)25(29,30)31)23(35)33-15-17-6-3-5-16(7-8-17)4-1-2-11-32-22(34)18-9-10-18/h12-14,16-18H,1-11,15H2,(H,32,34)(H,33,35). The summed E-state index contributed by atoms with van der Waals surface area (Å²) in [7, 11) is 0. The van der Waals surface area contributed by atoms with Crippen LogP contribution in [0.3, 0.4) is 0 Å². The van der Waals surface area contributed by atoms with E-state index >= 15 is 0 Å². The molecule has 0 radical (unpaired) electrons. The minimum Gasteiger partial charge on any atom is -0.356 e. The second-order valence-electron chi connectivity index (χ2n) is 9.81. The van der Waals surface area contributed by atoms with Crippen LogP contribution in [-0.2, 0) is 17.1 Å². The Morgan fingerprint density at radius 1 is 0.771 bits per heavy atom. The molecule has 0 aliphatic heterocycles. The molecule has 4 nitrogen and oxygen atoms in total.